The van der Waals surface area contributed by atoms with E-state index in [-0.39, 0.29) is 17.5 Å². The average Bonchev–Trinajstić information content (AvgIpc) is 2.18. The summed E-state index contributed by atoms with van der Waals surface area (Å²) in [6.07, 6.45) is 1.15. The molecule has 0 aromatic heterocycles. The first-order valence-corrected chi connectivity index (χ1v) is 7.15. The van der Waals surface area contributed by atoms with Crippen molar-refractivity contribution in [3.63, 3.8) is 0 Å². The van der Waals surface area contributed by atoms with Crippen LogP contribution in [-0.4, -0.2) is 33.6 Å². The second kappa shape index (κ2) is 5.35. The van der Waals surface area contributed by atoms with Crippen LogP contribution in [0, 0.1) is 5.82 Å². The number of halogens is 1. The molecule has 0 saturated carbocycles. The van der Waals surface area contributed by atoms with Gasteiger partial charge in [-0.25, -0.2) is 12.8 Å². The van der Waals surface area contributed by atoms with E-state index in [4.69, 9.17) is 4.74 Å². The van der Waals surface area contributed by atoms with Gasteiger partial charge in [0.1, 0.15) is 21.4 Å². The Morgan fingerprint density at radius 3 is 2.65 bits per heavy atom. The predicted octanol–water partition coefficient (Wildman–Crippen LogP) is 1.68. The number of anilines is 1. The van der Waals surface area contributed by atoms with Gasteiger partial charge < -0.3 is 10.1 Å². The molecule has 1 aromatic rings. The second-order valence-corrected chi connectivity index (χ2v) is 6.17. The Hall–Kier alpha value is -1.30. The van der Waals surface area contributed by atoms with Crippen molar-refractivity contribution in [1.82, 2.24) is 0 Å². The van der Waals surface area contributed by atoms with Crippen LogP contribution in [-0.2, 0) is 9.84 Å². The molecule has 0 radical (unpaired) electrons. The minimum atomic E-state index is -3.09. The highest BCUT2D eigenvalue weighted by Gasteiger charge is 2.12. The number of benzene rings is 1. The predicted molar refractivity (Wildman–Crippen MR) is 65.7 cm³/mol. The monoisotopic (exact) mass is 261 g/mol. The number of hydrogen-bond donors (Lipinski definition) is 1. The summed E-state index contributed by atoms with van der Waals surface area (Å²) in [4.78, 5) is 0. The SMILES string of the molecule is COc1ccc(F)c(NC(C)CS(C)(=O)=O)c1. The minimum absolute atomic E-state index is 0.0519. The fourth-order valence-electron chi connectivity index (χ4n) is 1.50. The van der Waals surface area contributed by atoms with Crippen LogP contribution in [0.5, 0.6) is 5.75 Å². The molecule has 0 bridgehead atoms. The van der Waals surface area contributed by atoms with Crippen molar-refractivity contribution in [1.29, 1.82) is 0 Å². The molecule has 1 rings (SSSR count). The van der Waals surface area contributed by atoms with E-state index in [2.05, 4.69) is 5.32 Å². The number of rotatable bonds is 5. The van der Waals surface area contributed by atoms with Crippen molar-refractivity contribution >= 4 is 15.5 Å². The van der Waals surface area contributed by atoms with Gasteiger partial charge in [-0.3, -0.25) is 0 Å². The van der Waals surface area contributed by atoms with Crippen LogP contribution >= 0.6 is 0 Å². The topological polar surface area (TPSA) is 55.4 Å². The van der Waals surface area contributed by atoms with E-state index < -0.39 is 15.7 Å². The maximum Gasteiger partial charge on any atom is 0.149 e. The maximum absolute atomic E-state index is 13.4. The summed E-state index contributed by atoms with van der Waals surface area (Å²) in [6, 6.07) is 3.90. The number of nitrogens with one attached hydrogen (secondary N) is 1. The largest absolute Gasteiger partial charge is 0.497 e. The van der Waals surface area contributed by atoms with Gasteiger partial charge in [0.05, 0.1) is 18.6 Å². The summed E-state index contributed by atoms with van der Waals surface area (Å²) in [5, 5.41) is 2.81. The zero-order chi connectivity index (χ0) is 13.1. The molecule has 1 atom stereocenters. The Balaban J connectivity index is 2.80. The summed E-state index contributed by atoms with van der Waals surface area (Å²) in [5.74, 6) is 0.0236. The molecule has 0 aliphatic rings. The van der Waals surface area contributed by atoms with Gasteiger partial charge >= 0.3 is 0 Å². The molecule has 1 N–H and O–H groups in total. The standard InChI is InChI=1S/C11H16FNO3S/c1-8(7-17(3,14)15)13-11-6-9(16-2)4-5-10(11)12/h4-6,8,13H,7H2,1-3H3. The normalized spacial score (nSPS) is 13.2. The van der Waals surface area contributed by atoms with E-state index in [9.17, 15) is 12.8 Å². The molecule has 0 saturated heterocycles. The Bertz CT molecular complexity index is 487. The van der Waals surface area contributed by atoms with E-state index in [0.29, 0.717) is 5.75 Å². The van der Waals surface area contributed by atoms with Crippen LogP contribution in [0.25, 0.3) is 0 Å². The lowest BCUT2D eigenvalue weighted by atomic mass is 10.2. The highest BCUT2D eigenvalue weighted by Crippen LogP contribution is 2.21. The van der Waals surface area contributed by atoms with Crippen molar-refractivity contribution in [2.45, 2.75) is 13.0 Å². The Morgan fingerprint density at radius 1 is 1.47 bits per heavy atom. The summed E-state index contributed by atoms with van der Waals surface area (Å²) in [6.45, 7) is 1.68. The van der Waals surface area contributed by atoms with Gasteiger partial charge in [0.2, 0.25) is 0 Å². The number of ether oxygens (including phenoxy) is 1. The molecule has 0 spiro atoms. The van der Waals surface area contributed by atoms with Gasteiger partial charge in [-0.05, 0) is 19.1 Å². The first kappa shape index (κ1) is 13.8. The number of sulfone groups is 1. The molecule has 96 valence electrons. The van der Waals surface area contributed by atoms with Crippen molar-refractivity contribution in [3.05, 3.63) is 24.0 Å². The van der Waals surface area contributed by atoms with Crippen LogP contribution in [0.2, 0.25) is 0 Å². The molecule has 4 nitrogen and oxygen atoms in total. The lowest BCUT2D eigenvalue weighted by Crippen LogP contribution is -2.25. The molecule has 0 fully saturated rings. The average molecular weight is 261 g/mol. The fourth-order valence-corrected chi connectivity index (χ4v) is 2.49. The van der Waals surface area contributed by atoms with E-state index in [1.54, 1.807) is 6.92 Å². The molecule has 0 aliphatic heterocycles. The van der Waals surface area contributed by atoms with Crippen LogP contribution in [0.4, 0.5) is 10.1 Å². The minimum Gasteiger partial charge on any atom is -0.497 e. The molecule has 0 aliphatic carbocycles. The van der Waals surface area contributed by atoms with Crippen LogP contribution in [0.3, 0.4) is 0 Å². The van der Waals surface area contributed by atoms with E-state index >= 15 is 0 Å². The summed E-state index contributed by atoms with van der Waals surface area (Å²) < 4.78 is 40.6. The summed E-state index contributed by atoms with van der Waals surface area (Å²) >= 11 is 0. The zero-order valence-corrected chi connectivity index (χ0v) is 10.8. The molecule has 0 heterocycles. The molecule has 17 heavy (non-hydrogen) atoms. The molecular formula is C11H16FNO3S. The lowest BCUT2D eigenvalue weighted by molar-refractivity contribution is 0.414. The van der Waals surface area contributed by atoms with E-state index in [0.717, 1.165) is 6.26 Å². The quantitative estimate of drug-likeness (QED) is 0.876. The Labute approximate surface area is 101 Å². The van der Waals surface area contributed by atoms with Gasteiger partial charge in [-0.1, -0.05) is 0 Å². The van der Waals surface area contributed by atoms with Crippen LogP contribution < -0.4 is 10.1 Å². The lowest BCUT2D eigenvalue weighted by Gasteiger charge is -2.15. The number of methoxy groups -OCH3 is 1. The molecule has 0 amide bonds. The van der Waals surface area contributed by atoms with Gasteiger partial charge in [-0.2, -0.15) is 0 Å². The number of hydrogen-bond acceptors (Lipinski definition) is 4. The third-order valence-corrected chi connectivity index (χ3v) is 3.23. The Morgan fingerprint density at radius 2 is 2.12 bits per heavy atom. The summed E-state index contributed by atoms with van der Waals surface area (Å²) in [5.41, 5.74) is 0.237. The zero-order valence-electron chi connectivity index (χ0n) is 10.0. The molecule has 1 aromatic carbocycles. The first-order chi connectivity index (χ1) is 7.81. The third kappa shape index (κ3) is 4.60. The Kier molecular flexibility index (Phi) is 4.34. The van der Waals surface area contributed by atoms with Gasteiger partial charge in [0, 0.05) is 18.4 Å². The highest BCUT2D eigenvalue weighted by atomic mass is 32.2. The maximum atomic E-state index is 13.4. The fraction of sp³-hybridized carbons (Fsp3) is 0.455. The second-order valence-electron chi connectivity index (χ2n) is 3.98. The van der Waals surface area contributed by atoms with Crippen molar-refractivity contribution in [2.75, 3.05) is 24.4 Å². The van der Waals surface area contributed by atoms with Gasteiger partial charge in [0.15, 0.2) is 0 Å². The van der Waals surface area contributed by atoms with E-state index in [1.807, 2.05) is 0 Å². The molecule has 6 heteroatoms. The van der Waals surface area contributed by atoms with Crippen molar-refractivity contribution in [3.8, 4) is 5.75 Å². The van der Waals surface area contributed by atoms with Gasteiger partial charge in [-0.15, -0.1) is 0 Å². The van der Waals surface area contributed by atoms with Gasteiger partial charge in [0.25, 0.3) is 0 Å². The summed E-state index contributed by atoms with van der Waals surface area (Å²) in [7, 11) is -1.61. The smallest absolute Gasteiger partial charge is 0.149 e. The van der Waals surface area contributed by atoms with E-state index in [1.165, 1.54) is 25.3 Å². The van der Waals surface area contributed by atoms with Crippen molar-refractivity contribution in [2.24, 2.45) is 0 Å². The first-order valence-electron chi connectivity index (χ1n) is 5.09. The third-order valence-electron chi connectivity index (χ3n) is 2.13. The molecular weight excluding hydrogens is 245 g/mol. The molecule has 1 unspecified atom stereocenters. The van der Waals surface area contributed by atoms with Crippen LogP contribution in [0.1, 0.15) is 6.92 Å². The highest BCUT2D eigenvalue weighted by molar-refractivity contribution is 7.90. The van der Waals surface area contributed by atoms with Crippen molar-refractivity contribution < 1.29 is 17.5 Å². The van der Waals surface area contributed by atoms with Crippen LogP contribution in [0.15, 0.2) is 18.2 Å².